The molecule has 0 spiro atoms. The molecule has 2 aliphatic rings. The van der Waals surface area contributed by atoms with Gasteiger partial charge < -0.3 is 0 Å². The van der Waals surface area contributed by atoms with Crippen LogP contribution in [0.15, 0.2) is 17.5 Å². The van der Waals surface area contributed by atoms with Gasteiger partial charge in [0.15, 0.2) is 0 Å². The minimum absolute atomic E-state index is 0.850. The Kier molecular flexibility index (Phi) is 3.27. The van der Waals surface area contributed by atoms with Gasteiger partial charge in [-0.05, 0) is 30.8 Å². The fraction of sp³-hybridized carbons (Fsp3) is 0.692. The van der Waals surface area contributed by atoms with Crippen LogP contribution in [0.5, 0.6) is 0 Å². The van der Waals surface area contributed by atoms with Gasteiger partial charge in [0, 0.05) is 37.1 Å². The van der Waals surface area contributed by atoms with Crippen LogP contribution in [0.1, 0.15) is 24.1 Å². The third kappa shape index (κ3) is 2.31. The number of fused-ring (bicyclic) bond motifs is 1. The summed E-state index contributed by atoms with van der Waals surface area (Å²) in [6, 6.07) is 5.27. The van der Waals surface area contributed by atoms with Crippen molar-refractivity contribution in [2.45, 2.75) is 31.8 Å². The van der Waals surface area contributed by atoms with E-state index in [2.05, 4.69) is 27.3 Å². The minimum atomic E-state index is 0.850. The molecule has 3 heterocycles. The average Bonchev–Trinajstić information content (AvgIpc) is 2.82. The highest BCUT2D eigenvalue weighted by Gasteiger charge is 2.28. The lowest BCUT2D eigenvalue weighted by Crippen LogP contribution is -2.54. The summed E-state index contributed by atoms with van der Waals surface area (Å²) in [5, 5.41) is 2.19. The lowest BCUT2D eigenvalue weighted by Gasteiger charge is -2.44. The van der Waals surface area contributed by atoms with Gasteiger partial charge in [-0.1, -0.05) is 12.5 Å². The molecular weight excluding hydrogens is 216 g/mol. The first-order valence-electron chi connectivity index (χ1n) is 6.40. The fourth-order valence-corrected chi connectivity index (χ4v) is 3.73. The molecule has 1 unspecified atom stereocenters. The van der Waals surface area contributed by atoms with Crippen molar-refractivity contribution < 1.29 is 0 Å². The number of thiophene rings is 1. The Morgan fingerprint density at radius 1 is 1.25 bits per heavy atom. The van der Waals surface area contributed by atoms with E-state index in [1.807, 2.05) is 11.3 Å². The van der Waals surface area contributed by atoms with Gasteiger partial charge in [0.2, 0.25) is 0 Å². The predicted octanol–water partition coefficient (Wildman–Crippen LogP) is 2.42. The van der Waals surface area contributed by atoms with Crippen LogP contribution in [0.2, 0.25) is 0 Å². The maximum Gasteiger partial charge on any atom is 0.0329 e. The van der Waals surface area contributed by atoms with Gasteiger partial charge in [-0.25, -0.2) is 0 Å². The molecule has 0 aromatic carbocycles. The van der Waals surface area contributed by atoms with E-state index in [1.165, 1.54) is 56.9 Å². The van der Waals surface area contributed by atoms with E-state index >= 15 is 0 Å². The predicted molar refractivity (Wildman–Crippen MR) is 68.8 cm³/mol. The zero-order valence-corrected chi connectivity index (χ0v) is 10.6. The first kappa shape index (κ1) is 10.8. The van der Waals surface area contributed by atoms with Crippen LogP contribution in [-0.4, -0.2) is 42.0 Å². The summed E-state index contributed by atoms with van der Waals surface area (Å²) in [6.45, 7) is 6.35. The minimum Gasteiger partial charge on any atom is -0.298 e. The molecule has 2 nitrogen and oxygen atoms in total. The first-order valence-corrected chi connectivity index (χ1v) is 7.28. The number of piperidine rings is 1. The summed E-state index contributed by atoms with van der Waals surface area (Å²) in [4.78, 5) is 6.86. The molecule has 0 radical (unpaired) electrons. The molecule has 16 heavy (non-hydrogen) atoms. The highest BCUT2D eigenvalue weighted by atomic mass is 32.1. The quantitative estimate of drug-likeness (QED) is 0.778. The Balaban J connectivity index is 1.58. The third-order valence-electron chi connectivity index (χ3n) is 3.88. The van der Waals surface area contributed by atoms with E-state index in [9.17, 15) is 0 Å². The zero-order chi connectivity index (χ0) is 10.8. The van der Waals surface area contributed by atoms with Crippen LogP contribution in [0.25, 0.3) is 0 Å². The zero-order valence-electron chi connectivity index (χ0n) is 9.77. The highest BCUT2D eigenvalue weighted by Crippen LogP contribution is 2.22. The Morgan fingerprint density at radius 3 is 3.12 bits per heavy atom. The lowest BCUT2D eigenvalue weighted by atomic mass is 9.99. The van der Waals surface area contributed by atoms with Crippen LogP contribution < -0.4 is 0 Å². The van der Waals surface area contributed by atoms with Gasteiger partial charge in [-0.3, -0.25) is 9.80 Å². The molecule has 0 bridgehead atoms. The van der Waals surface area contributed by atoms with E-state index in [0.29, 0.717) is 0 Å². The molecule has 1 atom stereocenters. The van der Waals surface area contributed by atoms with Crippen molar-refractivity contribution in [3.8, 4) is 0 Å². The molecule has 0 amide bonds. The van der Waals surface area contributed by atoms with Crippen molar-refractivity contribution in [3.05, 3.63) is 22.4 Å². The number of piperazine rings is 1. The van der Waals surface area contributed by atoms with E-state index < -0.39 is 0 Å². The Bertz CT molecular complexity index is 323. The summed E-state index contributed by atoms with van der Waals surface area (Å²) in [5.74, 6) is 0. The molecule has 2 aliphatic heterocycles. The van der Waals surface area contributed by atoms with Gasteiger partial charge in [-0.2, -0.15) is 0 Å². The Morgan fingerprint density at radius 2 is 2.25 bits per heavy atom. The maximum atomic E-state index is 2.70. The molecule has 88 valence electrons. The van der Waals surface area contributed by atoms with Crippen LogP contribution in [-0.2, 0) is 6.54 Å². The highest BCUT2D eigenvalue weighted by molar-refractivity contribution is 7.09. The topological polar surface area (TPSA) is 6.48 Å². The van der Waals surface area contributed by atoms with E-state index in [1.54, 1.807) is 0 Å². The summed E-state index contributed by atoms with van der Waals surface area (Å²) in [5.41, 5.74) is 0. The largest absolute Gasteiger partial charge is 0.298 e. The van der Waals surface area contributed by atoms with E-state index in [4.69, 9.17) is 0 Å². The van der Waals surface area contributed by atoms with Crippen molar-refractivity contribution in [1.82, 2.24) is 9.80 Å². The van der Waals surface area contributed by atoms with Crippen LogP contribution in [0, 0.1) is 0 Å². The molecule has 2 saturated heterocycles. The van der Waals surface area contributed by atoms with Gasteiger partial charge in [0.05, 0.1) is 0 Å². The molecular formula is C13H20N2S. The van der Waals surface area contributed by atoms with Crippen molar-refractivity contribution in [2.75, 3.05) is 26.2 Å². The summed E-state index contributed by atoms with van der Waals surface area (Å²) < 4.78 is 0. The van der Waals surface area contributed by atoms with Crippen LogP contribution in [0.3, 0.4) is 0 Å². The lowest BCUT2D eigenvalue weighted by molar-refractivity contribution is 0.0461. The van der Waals surface area contributed by atoms with Gasteiger partial charge in [-0.15, -0.1) is 11.3 Å². The standard InChI is InChI=1S/C13H20N2S/c1-2-6-15-8-7-14(10-12(15)4-1)11-13-5-3-9-16-13/h3,5,9,12H,1-2,4,6-8,10-11H2. The summed E-state index contributed by atoms with van der Waals surface area (Å²) in [7, 11) is 0. The number of nitrogens with zero attached hydrogens (tertiary/aromatic N) is 2. The molecule has 2 fully saturated rings. The molecule has 1 aromatic rings. The van der Waals surface area contributed by atoms with Crippen LogP contribution in [0.4, 0.5) is 0 Å². The normalized spacial score (nSPS) is 27.9. The third-order valence-corrected chi connectivity index (χ3v) is 4.74. The molecule has 0 N–H and O–H groups in total. The smallest absolute Gasteiger partial charge is 0.0329 e. The van der Waals surface area contributed by atoms with Gasteiger partial charge >= 0.3 is 0 Å². The SMILES string of the molecule is c1csc(CN2CCN3CCCCC3C2)c1. The Labute approximate surface area is 102 Å². The van der Waals surface area contributed by atoms with E-state index in [0.717, 1.165) is 6.04 Å². The van der Waals surface area contributed by atoms with Crippen molar-refractivity contribution in [3.63, 3.8) is 0 Å². The summed E-state index contributed by atoms with van der Waals surface area (Å²) >= 11 is 1.89. The second-order valence-electron chi connectivity index (χ2n) is 5.00. The van der Waals surface area contributed by atoms with Gasteiger partial charge in [0.1, 0.15) is 0 Å². The number of hydrogen-bond acceptors (Lipinski definition) is 3. The second-order valence-corrected chi connectivity index (χ2v) is 6.03. The maximum absolute atomic E-state index is 2.70. The monoisotopic (exact) mass is 236 g/mol. The molecule has 0 aliphatic carbocycles. The molecule has 3 heteroatoms. The van der Waals surface area contributed by atoms with Crippen molar-refractivity contribution in [1.29, 1.82) is 0 Å². The van der Waals surface area contributed by atoms with Gasteiger partial charge in [0.25, 0.3) is 0 Å². The second kappa shape index (κ2) is 4.86. The number of hydrogen-bond donors (Lipinski definition) is 0. The molecule has 3 rings (SSSR count). The average molecular weight is 236 g/mol. The first-order chi connectivity index (χ1) is 7.92. The number of rotatable bonds is 2. The summed E-state index contributed by atoms with van der Waals surface area (Å²) in [6.07, 6.45) is 4.27. The fourth-order valence-electron chi connectivity index (χ4n) is 2.99. The Hall–Kier alpha value is -0.380. The molecule has 0 saturated carbocycles. The van der Waals surface area contributed by atoms with Crippen molar-refractivity contribution >= 4 is 11.3 Å². The molecule has 1 aromatic heterocycles. The van der Waals surface area contributed by atoms with Crippen molar-refractivity contribution in [2.24, 2.45) is 0 Å². The van der Waals surface area contributed by atoms with Crippen LogP contribution >= 0.6 is 11.3 Å². The van der Waals surface area contributed by atoms with E-state index in [-0.39, 0.29) is 0 Å².